The van der Waals surface area contributed by atoms with Crippen LogP contribution >= 0.6 is 11.6 Å². The van der Waals surface area contributed by atoms with Gasteiger partial charge < -0.3 is 9.80 Å². The molecule has 2 aromatic rings. The number of carbonyl (C=O) groups excluding carboxylic acids is 1. The van der Waals surface area contributed by atoms with Gasteiger partial charge in [0.1, 0.15) is 5.82 Å². The van der Waals surface area contributed by atoms with E-state index in [2.05, 4.69) is 9.80 Å². The lowest BCUT2D eigenvalue weighted by Gasteiger charge is -2.40. The number of amides is 1. The van der Waals surface area contributed by atoms with Gasteiger partial charge in [-0.15, -0.1) is 0 Å². The van der Waals surface area contributed by atoms with Crippen molar-refractivity contribution in [3.63, 3.8) is 0 Å². The monoisotopic (exact) mass is 415 g/mol. The minimum Gasteiger partial charge on any atom is -0.367 e. The van der Waals surface area contributed by atoms with Gasteiger partial charge in [-0.3, -0.25) is 9.69 Å². The van der Waals surface area contributed by atoms with Crippen molar-refractivity contribution in [2.24, 2.45) is 5.92 Å². The standard InChI is InChI=1S/C23H27ClFN3O/c24-20-8-2-4-10-22(20)27-12-14-28(15-13-27)23(29)19-7-5-11-26(17-19)16-18-6-1-3-9-21(18)25/h1-4,6,8-10,19H,5,7,11-17H2. The van der Waals surface area contributed by atoms with E-state index in [9.17, 15) is 9.18 Å². The maximum absolute atomic E-state index is 14.0. The lowest BCUT2D eigenvalue weighted by atomic mass is 9.95. The second-order valence-corrected chi connectivity index (χ2v) is 8.34. The first-order chi connectivity index (χ1) is 14.1. The third kappa shape index (κ3) is 4.73. The number of piperidine rings is 1. The maximum Gasteiger partial charge on any atom is 0.227 e. The van der Waals surface area contributed by atoms with Gasteiger partial charge >= 0.3 is 0 Å². The largest absolute Gasteiger partial charge is 0.367 e. The molecule has 0 aliphatic carbocycles. The van der Waals surface area contributed by atoms with Crippen molar-refractivity contribution in [1.29, 1.82) is 0 Å². The Bertz CT molecular complexity index is 854. The molecule has 6 heteroatoms. The van der Waals surface area contributed by atoms with Crippen LogP contribution in [0, 0.1) is 11.7 Å². The van der Waals surface area contributed by atoms with Gasteiger partial charge in [0, 0.05) is 44.8 Å². The Morgan fingerprint density at radius 1 is 1.00 bits per heavy atom. The van der Waals surface area contributed by atoms with Crippen LogP contribution < -0.4 is 4.90 Å². The fourth-order valence-corrected chi connectivity index (χ4v) is 4.66. The van der Waals surface area contributed by atoms with Crippen LogP contribution in [0.15, 0.2) is 48.5 Å². The van der Waals surface area contributed by atoms with Crippen molar-refractivity contribution in [1.82, 2.24) is 9.80 Å². The normalized spacial score (nSPS) is 20.7. The molecule has 2 saturated heterocycles. The number of anilines is 1. The minimum atomic E-state index is -0.170. The van der Waals surface area contributed by atoms with E-state index in [1.807, 2.05) is 41.3 Å². The quantitative estimate of drug-likeness (QED) is 0.754. The van der Waals surface area contributed by atoms with Gasteiger partial charge in [-0.2, -0.15) is 0 Å². The fraction of sp³-hybridized carbons (Fsp3) is 0.435. The number of para-hydroxylation sites is 1. The molecule has 0 N–H and O–H groups in total. The van der Waals surface area contributed by atoms with E-state index < -0.39 is 0 Å². The van der Waals surface area contributed by atoms with Crippen molar-refractivity contribution in [2.75, 3.05) is 44.2 Å². The number of hydrogen-bond donors (Lipinski definition) is 0. The molecule has 2 fully saturated rings. The van der Waals surface area contributed by atoms with E-state index in [1.165, 1.54) is 6.07 Å². The highest BCUT2D eigenvalue weighted by Gasteiger charge is 2.31. The van der Waals surface area contributed by atoms with Crippen LogP contribution in [0.3, 0.4) is 0 Å². The molecule has 1 amide bonds. The molecular formula is C23H27ClFN3O. The van der Waals surface area contributed by atoms with Gasteiger partial charge in [-0.25, -0.2) is 4.39 Å². The second-order valence-electron chi connectivity index (χ2n) is 7.93. The van der Waals surface area contributed by atoms with E-state index in [4.69, 9.17) is 11.6 Å². The Morgan fingerprint density at radius 3 is 2.48 bits per heavy atom. The number of nitrogens with zero attached hydrogens (tertiary/aromatic N) is 3. The van der Waals surface area contributed by atoms with E-state index in [1.54, 1.807) is 6.07 Å². The molecule has 1 unspecified atom stereocenters. The number of benzene rings is 2. The van der Waals surface area contributed by atoms with Gasteiger partial charge in [-0.05, 0) is 37.6 Å². The molecule has 0 saturated carbocycles. The summed E-state index contributed by atoms with van der Waals surface area (Å²) in [6, 6.07) is 14.8. The van der Waals surface area contributed by atoms with Crippen LogP contribution in [-0.4, -0.2) is 55.0 Å². The van der Waals surface area contributed by atoms with Crippen molar-refractivity contribution in [2.45, 2.75) is 19.4 Å². The van der Waals surface area contributed by atoms with Gasteiger partial charge in [0.15, 0.2) is 0 Å². The van der Waals surface area contributed by atoms with E-state index in [0.29, 0.717) is 31.7 Å². The van der Waals surface area contributed by atoms with E-state index >= 15 is 0 Å². The van der Waals surface area contributed by atoms with Gasteiger partial charge in [0.25, 0.3) is 0 Å². The van der Waals surface area contributed by atoms with Crippen LogP contribution in [0.1, 0.15) is 18.4 Å². The lowest BCUT2D eigenvalue weighted by molar-refractivity contribution is -0.137. The first-order valence-corrected chi connectivity index (χ1v) is 10.7. The molecule has 4 nitrogen and oxygen atoms in total. The SMILES string of the molecule is O=C(C1CCCN(Cc2ccccc2F)C1)N1CCN(c2ccccc2Cl)CC1. The molecule has 0 bridgehead atoms. The molecule has 2 aliphatic heterocycles. The van der Waals surface area contributed by atoms with Crippen molar-refractivity contribution in [3.05, 3.63) is 64.9 Å². The number of piperazine rings is 1. The smallest absolute Gasteiger partial charge is 0.227 e. The van der Waals surface area contributed by atoms with Crippen LogP contribution in [0.5, 0.6) is 0 Å². The zero-order chi connectivity index (χ0) is 20.2. The van der Waals surface area contributed by atoms with Gasteiger partial charge in [0.2, 0.25) is 5.91 Å². The molecule has 1 atom stereocenters. The van der Waals surface area contributed by atoms with Crippen LogP contribution in [0.4, 0.5) is 10.1 Å². The second kappa shape index (κ2) is 9.14. The average Bonchev–Trinajstić information content (AvgIpc) is 2.76. The summed E-state index contributed by atoms with van der Waals surface area (Å²) in [5, 5.41) is 0.753. The van der Waals surface area contributed by atoms with Crippen LogP contribution in [0.2, 0.25) is 5.02 Å². The molecule has 2 aliphatic rings. The highest BCUT2D eigenvalue weighted by atomic mass is 35.5. The molecule has 0 spiro atoms. The maximum atomic E-state index is 14.0. The number of halogens is 2. The van der Waals surface area contributed by atoms with Crippen LogP contribution in [-0.2, 0) is 11.3 Å². The average molecular weight is 416 g/mol. The molecule has 0 radical (unpaired) electrons. The topological polar surface area (TPSA) is 26.8 Å². The summed E-state index contributed by atoms with van der Waals surface area (Å²) in [6.07, 6.45) is 1.89. The molecule has 2 heterocycles. The molecule has 2 aromatic carbocycles. The summed E-state index contributed by atoms with van der Waals surface area (Å²) < 4.78 is 14.0. The van der Waals surface area contributed by atoms with Crippen molar-refractivity contribution < 1.29 is 9.18 Å². The number of carbonyl (C=O) groups is 1. The minimum absolute atomic E-state index is 0.00221. The number of hydrogen-bond acceptors (Lipinski definition) is 3. The van der Waals surface area contributed by atoms with Crippen molar-refractivity contribution in [3.8, 4) is 0 Å². The summed E-state index contributed by atoms with van der Waals surface area (Å²) in [7, 11) is 0. The zero-order valence-corrected chi connectivity index (χ0v) is 17.3. The highest BCUT2D eigenvalue weighted by Crippen LogP contribution is 2.27. The molecule has 0 aromatic heterocycles. The van der Waals surface area contributed by atoms with Crippen LogP contribution in [0.25, 0.3) is 0 Å². The third-order valence-electron chi connectivity index (χ3n) is 5.99. The van der Waals surface area contributed by atoms with Gasteiger partial charge in [0.05, 0.1) is 16.6 Å². The number of rotatable bonds is 4. The molecule has 29 heavy (non-hydrogen) atoms. The molecule has 154 valence electrons. The third-order valence-corrected chi connectivity index (χ3v) is 6.31. The first-order valence-electron chi connectivity index (χ1n) is 10.4. The Balaban J connectivity index is 1.33. The predicted molar refractivity (Wildman–Crippen MR) is 115 cm³/mol. The summed E-state index contributed by atoms with van der Waals surface area (Å²) in [5.74, 6) is 0.0704. The summed E-state index contributed by atoms with van der Waals surface area (Å²) in [4.78, 5) is 19.6. The fourth-order valence-electron chi connectivity index (χ4n) is 4.40. The Labute approximate surface area is 176 Å². The Morgan fingerprint density at radius 2 is 1.72 bits per heavy atom. The first kappa shape index (κ1) is 20.2. The summed E-state index contributed by atoms with van der Waals surface area (Å²) >= 11 is 6.32. The molecular weight excluding hydrogens is 389 g/mol. The predicted octanol–water partition coefficient (Wildman–Crippen LogP) is 4.04. The van der Waals surface area contributed by atoms with E-state index in [-0.39, 0.29) is 17.6 Å². The molecule has 4 rings (SSSR count). The zero-order valence-electron chi connectivity index (χ0n) is 16.6. The summed E-state index contributed by atoms with van der Waals surface area (Å²) in [5.41, 5.74) is 1.74. The van der Waals surface area contributed by atoms with Crippen molar-refractivity contribution >= 4 is 23.2 Å². The lowest BCUT2D eigenvalue weighted by Crippen LogP contribution is -2.52. The Hall–Kier alpha value is -2.11. The highest BCUT2D eigenvalue weighted by molar-refractivity contribution is 6.33. The van der Waals surface area contributed by atoms with Gasteiger partial charge in [-0.1, -0.05) is 41.9 Å². The number of likely N-dealkylation sites (tertiary alicyclic amines) is 1. The Kier molecular flexibility index (Phi) is 6.36. The summed E-state index contributed by atoms with van der Waals surface area (Å²) in [6.45, 7) is 5.21. The van der Waals surface area contributed by atoms with E-state index in [0.717, 1.165) is 43.2 Å².